The van der Waals surface area contributed by atoms with E-state index in [2.05, 4.69) is 0 Å². The van der Waals surface area contributed by atoms with E-state index >= 15 is 0 Å². The third-order valence-corrected chi connectivity index (χ3v) is 0. The molecule has 0 aliphatic rings. The van der Waals surface area contributed by atoms with Gasteiger partial charge in [-0.3, -0.25) is 4.79 Å². The molecule has 0 rings (SSSR count). The van der Waals surface area contributed by atoms with Crippen molar-refractivity contribution in [3.8, 4) is 0 Å². The standard InChI is InChI=1S/C2H4O2.2O.Pb.Ti.2H/c1-2(3)4;;;;;;/h1H3,(H,3,4);;;;;;. The van der Waals surface area contributed by atoms with Crippen molar-refractivity contribution in [2.75, 3.05) is 0 Å². The summed E-state index contributed by atoms with van der Waals surface area (Å²) in [6.07, 6.45) is 0. The van der Waals surface area contributed by atoms with Crippen LogP contribution in [0.4, 0.5) is 0 Å². The molecule has 4 nitrogen and oxygen atoms in total. The molecule has 0 aromatic rings. The SMILES string of the molecule is CC(=O)O.[O]=[Ti]=[O].[PbH2]. The Morgan fingerprint density at radius 3 is 1.50 bits per heavy atom. The minimum atomic E-state index is -2.00. The summed E-state index contributed by atoms with van der Waals surface area (Å²) in [6.45, 7) is 1.08. The fourth-order valence-corrected chi connectivity index (χ4v) is 0. The zero-order chi connectivity index (χ0) is 6.28. The van der Waals surface area contributed by atoms with Crippen LogP contribution in [0.25, 0.3) is 0 Å². The molecule has 6 heteroatoms. The number of carboxylic acids is 1. The van der Waals surface area contributed by atoms with Crippen molar-refractivity contribution in [1.82, 2.24) is 0 Å². The van der Waals surface area contributed by atoms with Crippen LogP contribution in [0.3, 0.4) is 0 Å². The summed E-state index contributed by atoms with van der Waals surface area (Å²) >= 11 is -2.00. The van der Waals surface area contributed by atoms with Crippen molar-refractivity contribution in [2.24, 2.45) is 0 Å². The van der Waals surface area contributed by atoms with Gasteiger partial charge in [-0.1, -0.05) is 0 Å². The molecule has 8 heavy (non-hydrogen) atoms. The maximum atomic E-state index is 9.00. The van der Waals surface area contributed by atoms with E-state index in [0.717, 1.165) is 6.92 Å². The van der Waals surface area contributed by atoms with Gasteiger partial charge in [0.2, 0.25) is 0 Å². The molecule has 0 aliphatic carbocycles. The normalized spacial score (nSPS) is 4.12. The van der Waals surface area contributed by atoms with Gasteiger partial charge in [0.05, 0.1) is 0 Å². The van der Waals surface area contributed by atoms with Gasteiger partial charge in [-0.05, 0) is 0 Å². The second-order valence-electron chi connectivity index (χ2n) is 0.602. The van der Waals surface area contributed by atoms with Crippen molar-refractivity contribution >= 4 is 33.3 Å². The fraction of sp³-hybridized carbons (Fsp3) is 0.500. The summed E-state index contributed by atoms with van der Waals surface area (Å²) in [5, 5.41) is 7.42. The molecule has 0 fully saturated rings. The van der Waals surface area contributed by atoms with E-state index in [1.807, 2.05) is 0 Å². The Morgan fingerprint density at radius 2 is 1.50 bits per heavy atom. The average molecular weight is 349 g/mol. The quantitative estimate of drug-likeness (QED) is 0.566. The zero-order valence-corrected chi connectivity index (χ0v) is 11.4. The maximum absolute atomic E-state index is 9.00. The van der Waals surface area contributed by atoms with Gasteiger partial charge in [-0.2, -0.15) is 0 Å². The van der Waals surface area contributed by atoms with E-state index in [1.54, 1.807) is 0 Å². The predicted molar refractivity (Wildman–Crippen MR) is 23.2 cm³/mol. The van der Waals surface area contributed by atoms with Gasteiger partial charge in [0, 0.05) is 6.92 Å². The van der Waals surface area contributed by atoms with Crippen molar-refractivity contribution in [3.05, 3.63) is 0 Å². The molecular weight excluding hydrogens is 343 g/mol. The fourth-order valence-electron chi connectivity index (χ4n) is 0. The van der Waals surface area contributed by atoms with Gasteiger partial charge < -0.3 is 5.11 Å². The van der Waals surface area contributed by atoms with Gasteiger partial charge in [-0.15, -0.1) is 0 Å². The molecule has 0 amide bonds. The molecule has 0 saturated carbocycles. The Balaban J connectivity index is -0.0000000575. The minimum absolute atomic E-state index is 0. The van der Waals surface area contributed by atoms with E-state index < -0.39 is 25.1 Å². The summed E-state index contributed by atoms with van der Waals surface area (Å²) in [6, 6.07) is 0. The summed E-state index contributed by atoms with van der Waals surface area (Å²) in [5.74, 6) is -0.833. The summed E-state index contributed by atoms with van der Waals surface area (Å²) in [7, 11) is 0. The van der Waals surface area contributed by atoms with E-state index in [9.17, 15) is 0 Å². The predicted octanol–water partition coefficient (Wildman–Crippen LogP) is -1.07. The summed E-state index contributed by atoms with van der Waals surface area (Å²) in [5.41, 5.74) is 0. The van der Waals surface area contributed by atoms with E-state index in [-0.39, 0.29) is 27.3 Å². The Kier molecular flexibility index (Phi) is 31.1. The molecule has 2 radical (unpaired) electrons. The van der Waals surface area contributed by atoms with E-state index in [0.29, 0.717) is 0 Å². The van der Waals surface area contributed by atoms with Crippen LogP contribution in [0.5, 0.6) is 0 Å². The number of aliphatic carboxylic acids is 1. The molecule has 0 aliphatic heterocycles. The van der Waals surface area contributed by atoms with Crippen molar-refractivity contribution in [2.45, 2.75) is 6.92 Å². The van der Waals surface area contributed by atoms with Gasteiger partial charge in [-0.25, -0.2) is 0 Å². The van der Waals surface area contributed by atoms with Gasteiger partial charge in [0.25, 0.3) is 5.97 Å². The van der Waals surface area contributed by atoms with Crippen LogP contribution in [0, 0.1) is 0 Å². The van der Waals surface area contributed by atoms with Crippen LogP contribution in [-0.2, 0) is 30.5 Å². The van der Waals surface area contributed by atoms with Crippen LogP contribution in [0.2, 0.25) is 0 Å². The second-order valence-corrected chi connectivity index (χ2v) is 0.863. The molecule has 0 aromatic carbocycles. The molecule has 1 N–H and O–H groups in total. The van der Waals surface area contributed by atoms with Crippen LogP contribution >= 0.6 is 0 Å². The molecule has 0 aromatic heterocycles. The van der Waals surface area contributed by atoms with E-state index in [1.165, 1.54) is 0 Å². The zero-order valence-electron chi connectivity index (χ0n) is 4.38. The van der Waals surface area contributed by atoms with Gasteiger partial charge >= 0.3 is 53.0 Å². The van der Waals surface area contributed by atoms with Crippen LogP contribution in [0.15, 0.2) is 0 Å². The first-order chi connectivity index (χ1) is 3.15. The van der Waals surface area contributed by atoms with Crippen molar-refractivity contribution < 1.29 is 35.6 Å². The Bertz CT molecular complexity index is 82.0. The topological polar surface area (TPSA) is 71.4 Å². The Hall–Kier alpha value is 0.706. The molecule has 46 valence electrons. The van der Waals surface area contributed by atoms with Gasteiger partial charge in [0.15, 0.2) is 0 Å². The first-order valence-electron chi connectivity index (χ1n) is 1.34. The third-order valence-electron chi connectivity index (χ3n) is 0. The first kappa shape index (κ1) is 15.9. The monoisotopic (exact) mass is 350 g/mol. The van der Waals surface area contributed by atoms with Crippen LogP contribution < -0.4 is 0 Å². The number of carboxylic acid groups (broad SMARTS) is 1. The molecule has 0 spiro atoms. The molecule has 0 atom stereocenters. The molecule has 0 unspecified atom stereocenters. The Labute approximate surface area is 75.4 Å². The van der Waals surface area contributed by atoms with E-state index in [4.69, 9.17) is 16.6 Å². The molecule has 0 saturated heterocycles. The summed E-state index contributed by atoms with van der Waals surface area (Å²) < 4.78 is 17.0. The number of rotatable bonds is 0. The molecule has 0 bridgehead atoms. The van der Waals surface area contributed by atoms with Crippen molar-refractivity contribution in [3.63, 3.8) is 0 Å². The molecule has 0 heterocycles. The average Bonchev–Trinajstić information content (AvgIpc) is 1.33. The van der Waals surface area contributed by atoms with Crippen LogP contribution in [0.1, 0.15) is 6.92 Å². The number of hydrogen-bond donors (Lipinski definition) is 1. The number of carbonyl (C=O) groups is 1. The summed E-state index contributed by atoms with van der Waals surface area (Å²) in [4.78, 5) is 9.00. The second kappa shape index (κ2) is 15.6. The first-order valence-corrected chi connectivity index (χ1v) is 2.61. The van der Waals surface area contributed by atoms with Crippen molar-refractivity contribution in [1.29, 1.82) is 0 Å². The molecular formula is C2H6O4PbTi. The van der Waals surface area contributed by atoms with Crippen LogP contribution in [-0.4, -0.2) is 38.4 Å². The number of hydrogen-bond acceptors (Lipinski definition) is 3. The third kappa shape index (κ3) is 438. The van der Waals surface area contributed by atoms with Gasteiger partial charge in [0.1, 0.15) is 0 Å². The Morgan fingerprint density at radius 1 is 1.50 bits per heavy atom.